The zero-order valence-corrected chi connectivity index (χ0v) is 16.2. The van der Waals surface area contributed by atoms with Crippen LogP contribution in [0.25, 0.3) is 10.9 Å². The molecule has 0 N–H and O–H groups in total. The Hall–Kier alpha value is -2.17. The number of aromatic nitrogens is 2. The third kappa shape index (κ3) is 3.64. The third-order valence-electron chi connectivity index (χ3n) is 6.44. The summed E-state index contributed by atoms with van der Waals surface area (Å²) in [5.74, 6) is 0.873. The molecule has 27 heavy (non-hydrogen) atoms. The highest BCUT2D eigenvalue weighted by Crippen LogP contribution is 2.34. The van der Waals surface area contributed by atoms with Crippen molar-refractivity contribution in [3.05, 3.63) is 40.4 Å². The standard InChI is InChI=1S/C22H29N3O2/c1-16-7-5-10-18-21(16)23-15-24(22(18)27)14-12-20(26)25-13-6-11-19(25)17-8-3-2-4-9-17/h5,7,10,15,17,19H,2-4,6,8-9,11-14H2,1H3/t19-/m1/s1. The van der Waals surface area contributed by atoms with Crippen molar-refractivity contribution in [2.24, 2.45) is 5.92 Å². The van der Waals surface area contributed by atoms with Gasteiger partial charge in [-0.05, 0) is 50.2 Å². The smallest absolute Gasteiger partial charge is 0.261 e. The van der Waals surface area contributed by atoms with Crippen molar-refractivity contribution >= 4 is 16.8 Å². The number of rotatable bonds is 4. The molecule has 2 fully saturated rings. The summed E-state index contributed by atoms with van der Waals surface area (Å²) in [5.41, 5.74) is 1.70. The third-order valence-corrected chi connectivity index (χ3v) is 6.44. The number of para-hydroxylation sites is 1. The van der Waals surface area contributed by atoms with E-state index in [9.17, 15) is 9.59 Å². The highest BCUT2D eigenvalue weighted by atomic mass is 16.2. The van der Waals surface area contributed by atoms with Gasteiger partial charge in [0.25, 0.3) is 5.56 Å². The van der Waals surface area contributed by atoms with Gasteiger partial charge in [-0.3, -0.25) is 14.2 Å². The second-order valence-corrected chi connectivity index (χ2v) is 8.16. The molecule has 0 spiro atoms. The average Bonchev–Trinajstić information content (AvgIpc) is 3.18. The summed E-state index contributed by atoms with van der Waals surface area (Å²) < 4.78 is 1.59. The number of nitrogens with zero attached hydrogens (tertiary/aromatic N) is 3. The highest BCUT2D eigenvalue weighted by Gasteiger charge is 2.34. The van der Waals surface area contributed by atoms with Gasteiger partial charge in [-0.15, -0.1) is 0 Å². The van der Waals surface area contributed by atoms with E-state index in [2.05, 4.69) is 9.88 Å². The van der Waals surface area contributed by atoms with Gasteiger partial charge in [-0.25, -0.2) is 4.98 Å². The molecule has 2 aromatic rings. The molecule has 1 saturated carbocycles. The number of fused-ring (bicyclic) bond motifs is 1. The normalized spacial score (nSPS) is 21.1. The average molecular weight is 367 g/mol. The lowest BCUT2D eigenvalue weighted by molar-refractivity contribution is -0.133. The largest absolute Gasteiger partial charge is 0.339 e. The SMILES string of the molecule is Cc1cccc2c(=O)n(CCC(=O)N3CCC[C@@H]3C3CCCCC3)cnc12. The van der Waals surface area contributed by atoms with Crippen LogP contribution in [-0.2, 0) is 11.3 Å². The van der Waals surface area contributed by atoms with Gasteiger partial charge in [0.15, 0.2) is 0 Å². The van der Waals surface area contributed by atoms with Crippen molar-refractivity contribution in [2.75, 3.05) is 6.54 Å². The molecule has 1 aromatic heterocycles. The molecule has 1 aliphatic heterocycles. The molecular formula is C22H29N3O2. The number of hydrogen-bond donors (Lipinski definition) is 0. The zero-order chi connectivity index (χ0) is 18.8. The van der Waals surface area contributed by atoms with Crippen LogP contribution in [0.4, 0.5) is 0 Å². The van der Waals surface area contributed by atoms with Gasteiger partial charge in [0.1, 0.15) is 0 Å². The molecule has 1 aromatic carbocycles. The maximum atomic E-state index is 12.9. The molecule has 1 aliphatic carbocycles. The molecule has 1 amide bonds. The van der Waals surface area contributed by atoms with Crippen LogP contribution < -0.4 is 5.56 Å². The number of carbonyl (C=O) groups is 1. The van der Waals surface area contributed by atoms with Crippen molar-refractivity contribution in [1.29, 1.82) is 0 Å². The topological polar surface area (TPSA) is 55.2 Å². The Labute approximate surface area is 160 Å². The van der Waals surface area contributed by atoms with Gasteiger partial charge >= 0.3 is 0 Å². The molecule has 0 bridgehead atoms. The van der Waals surface area contributed by atoms with E-state index < -0.39 is 0 Å². The number of carbonyl (C=O) groups excluding carboxylic acids is 1. The zero-order valence-electron chi connectivity index (χ0n) is 16.2. The molecule has 5 nitrogen and oxygen atoms in total. The van der Waals surface area contributed by atoms with E-state index in [0.717, 1.165) is 30.5 Å². The molecule has 0 radical (unpaired) electrons. The number of hydrogen-bond acceptors (Lipinski definition) is 3. The predicted octanol–water partition coefficient (Wildman–Crippen LogP) is 3.67. The Balaban J connectivity index is 1.45. The molecule has 4 rings (SSSR count). The fraction of sp³-hybridized carbons (Fsp3) is 0.591. The highest BCUT2D eigenvalue weighted by molar-refractivity contribution is 5.80. The molecule has 5 heteroatoms. The van der Waals surface area contributed by atoms with E-state index >= 15 is 0 Å². The van der Waals surface area contributed by atoms with Crippen molar-refractivity contribution in [3.63, 3.8) is 0 Å². The van der Waals surface area contributed by atoms with Gasteiger partial charge in [-0.1, -0.05) is 31.4 Å². The maximum Gasteiger partial charge on any atom is 0.261 e. The van der Waals surface area contributed by atoms with E-state index in [1.165, 1.54) is 32.1 Å². The maximum absolute atomic E-state index is 12.9. The predicted molar refractivity (Wildman–Crippen MR) is 107 cm³/mol. The summed E-state index contributed by atoms with van der Waals surface area (Å²) >= 11 is 0. The summed E-state index contributed by atoms with van der Waals surface area (Å²) in [6, 6.07) is 6.08. The number of benzene rings is 1. The van der Waals surface area contributed by atoms with Crippen LogP contribution in [0.1, 0.15) is 56.9 Å². The van der Waals surface area contributed by atoms with Gasteiger partial charge < -0.3 is 4.90 Å². The van der Waals surface area contributed by atoms with E-state index in [1.807, 2.05) is 25.1 Å². The summed E-state index contributed by atoms with van der Waals surface area (Å²) in [4.78, 5) is 32.2. The lowest BCUT2D eigenvalue weighted by atomic mass is 9.83. The van der Waals surface area contributed by atoms with Crippen molar-refractivity contribution in [2.45, 2.75) is 70.9 Å². The van der Waals surface area contributed by atoms with E-state index in [-0.39, 0.29) is 11.5 Å². The second-order valence-electron chi connectivity index (χ2n) is 8.16. The first-order chi connectivity index (χ1) is 13.1. The first-order valence-electron chi connectivity index (χ1n) is 10.4. The Morgan fingerprint density at radius 1 is 1.15 bits per heavy atom. The summed E-state index contributed by atoms with van der Waals surface area (Å²) in [6.07, 6.45) is 10.7. The van der Waals surface area contributed by atoms with Crippen LogP contribution in [0, 0.1) is 12.8 Å². The van der Waals surface area contributed by atoms with Gasteiger partial charge in [0, 0.05) is 25.6 Å². The Bertz CT molecular complexity index is 883. The Morgan fingerprint density at radius 3 is 2.78 bits per heavy atom. The minimum absolute atomic E-state index is 0.0539. The van der Waals surface area contributed by atoms with E-state index in [1.54, 1.807) is 10.9 Å². The lowest BCUT2D eigenvalue weighted by Gasteiger charge is -2.34. The van der Waals surface area contributed by atoms with Gasteiger partial charge in [-0.2, -0.15) is 0 Å². The van der Waals surface area contributed by atoms with E-state index in [0.29, 0.717) is 30.3 Å². The van der Waals surface area contributed by atoms with Crippen LogP contribution in [0.5, 0.6) is 0 Å². The molecule has 144 valence electrons. The molecule has 2 aliphatic rings. The summed E-state index contributed by atoms with van der Waals surface area (Å²) in [5, 5.41) is 0.631. The minimum atomic E-state index is -0.0539. The summed E-state index contributed by atoms with van der Waals surface area (Å²) in [6.45, 7) is 3.24. The molecule has 0 unspecified atom stereocenters. The van der Waals surface area contributed by atoms with E-state index in [4.69, 9.17) is 0 Å². The first-order valence-corrected chi connectivity index (χ1v) is 10.4. The van der Waals surface area contributed by atoms with Crippen molar-refractivity contribution in [1.82, 2.24) is 14.5 Å². The fourth-order valence-corrected chi connectivity index (χ4v) is 4.97. The van der Waals surface area contributed by atoms with Gasteiger partial charge in [0.2, 0.25) is 5.91 Å². The minimum Gasteiger partial charge on any atom is -0.339 e. The van der Waals surface area contributed by atoms with Crippen LogP contribution in [0.15, 0.2) is 29.3 Å². The van der Waals surface area contributed by atoms with Crippen LogP contribution >= 0.6 is 0 Å². The van der Waals surface area contributed by atoms with Crippen molar-refractivity contribution in [3.8, 4) is 0 Å². The number of likely N-dealkylation sites (tertiary alicyclic amines) is 1. The Kier molecular flexibility index (Phi) is 5.28. The van der Waals surface area contributed by atoms with Crippen LogP contribution in [-0.4, -0.2) is 32.9 Å². The van der Waals surface area contributed by atoms with Gasteiger partial charge in [0.05, 0.1) is 17.2 Å². The number of amides is 1. The molecule has 2 heterocycles. The summed E-state index contributed by atoms with van der Waals surface area (Å²) in [7, 11) is 0. The fourth-order valence-electron chi connectivity index (χ4n) is 4.97. The van der Waals surface area contributed by atoms with Crippen LogP contribution in [0.3, 0.4) is 0 Å². The molecule has 1 atom stereocenters. The second kappa shape index (κ2) is 7.83. The molecule has 1 saturated heterocycles. The Morgan fingerprint density at radius 2 is 1.96 bits per heavy atom. The van der Waals surface area contributed by atoms with Crippen molar-refractivity contribution < 1.29 is 4.79 Å². The monoisotopic (exact) mass is 367 g/mol. The quantitative estimate of drug-likeness (QED) is 0.828. The first kappa shape index (κ1) is 18.2. The lowest BCUT2D eigenvalue weighted by Crippen LogP contribution is -2.41. The molecular weight excluding hydrogens is 338 g/mol. The van der Waals surface area contributed by atoms with Crippen LogP contribution in [0.2, 0.25) is 0 Å². The number of aryl methyl sites for hydroxylation is 2.